The standard InChI is InChI=1S/C33H54O2P2/c1-23-19-28(20-24(2)30(23)34-12)36(29-21-25(3)31(35-13)26(4)22-29)18-16-14-15-17-27(5)37(32(6,7)8)33(9,10)11/h19-22,27H,14-18H2,1-13H3. The lowest BCUT2D eigenvalue weighted by molar-refractivity contribution is 0.408. The Labute approximate surface area is 231 Å². The number of aryl methyl sites for hydroxylation is 4. The predicted molar refractivity (Wildman–Crippen MR) is 170 cm³/mol. The normalized spacial score (nSPS) is 13.4. The summed E-state index contributed by atoms with van der Waals surface area (Å²) in [5, 5.41) is 3.73. The average Bonchev–Trinajstić information content (AvgIpc) is 2.73. The molecular formula is C33H54O2P2. The van der Waals surface area contributed by atoms with E-state index in [4.69, 9.17) is 9.47 Å². The van der Waals surface area contributed by atoms with Gasteiger partial charge in [-0.2, -0.15) is 0 Å². The van der Waals surface area contributed by atoms with Crippen LogP contribution >= 0.6 is 15.8 Å². The minimum Gasteiger partial charge on any atom is -0.496 e. The zero-order valence-electron chi connectivity index (χ0n) is 26.1. The van der Waals surface area contributed by atoms with E-state index in [1.54, 1.807) is 14.2 Å². The van der Waals surface area contributed by atoms with E-state index in [2.05, 4.69) is 100 Å². The van der Waals surface area contributed by atoms with E-state index in [0.717, 1.165) is 17.2 Å². The van der Waals surface area contributed by atoms with Crippen LogP contribution in [0.2, 0.25) is 0 Å². The fraction of sp³-hybridized carbons (Fsp3) is 0.636. The summed E-state index contributed by atoms with van der Waals surface area (Å²) in [6.45, 7) is 25.9. The maximum atomic E-state index is 5.68. The molecule has 0 radical (unpaired) electrons. The zero-order valence-corrected chi connectivity index (χ0v) is 27.9. The van der Waals surface area contributed by atoms with Crippen LogP contribution in [0.4, 0.5) is 0 Å². The lowest BCUT2D eigenvalue weighted by atomic mass is 10.1. The van der Waals surface area contributed by atoms with E-state index < -0.39 is 7.92 Å². The topological polar surface area (TPSA) is 18.5 Å². The lowest BCUT2D eigenvalue weighted by Crippen LogP contribution is -2.30. The van der Waals surface area contributed by atoms with Crippen molar-refractivity contribution in [1.29, 1.82) is 0 Å². The van der Waals surface area contributed by atoms with Gasteiger partial charge in [-0.3, -0.25) is 0 Å². The van der Waals surface area contributed by atoms with Crippen molar-refractivity contribution in [3.05, 3.63) is 46.5 Å². The third-order valence-electron chi connectivity index (χ3n) is 7.31. The number of methoxy groups -OCH3 is 2. The molecule has 2 aromatic carbocycles. The Morgan fingerprint density at radius 1 is 0.649 bits per heavy atom. The van der Waals surface area contributed by atoms with Crippen LogP contribution in [0.1, 0.15) is 96.4 Å². The highest BCUT2D eigenvalue weighted by Gasteiger charge is 2.37. The van der Waals surface area contributed by atoms with Crippen molar-refractivity contribution in [2.24, 2.45) is 0 Å². The first-order valence-electron chi connectivity index (χ1n) is 14.0. The minimum absolute atomic E-state index is 0.0537. The molecule has 0 aliphatic carbocycles. The second-order valence-electron chi connectivity index (χ2n) is 12.8. The Hall–Kier alpha value is -1.10. The second kappa shape index (κ2) is 13.3. The highest BCUT2D eigenvalue weighted by Crippen LogP contribution is 2.63. The molecule has 0 heterocycles. The smallest absolute Gasteiger partial charge is 0.124 e. The first-order valence-corrected chi connectivity index (χ1v) is 16.9. The third kappa shape index (κ3) is 8.44. The van der Waals surface area contributed by atoms with Gasteiger partial charge in [0.1, 0.15) is 11.5 Å². The molecule has 1 unspecified atom stereocenters. The summed E-state index contributed by atoms with van der Waals surface area (Å²) in [7, 11) is 3.06. The summed E-state index contributed by atoms with van der Waals surface area (Å²) in [5.41, 5.74) is 5.74. The van der Waals surface area contributed by atoms with Crippen molar-refractivity contribution in [2.45, 2.75) is 118 Å². The zero-order chi connectivity index (χ0) is 28.1. The molecule has 208 valence electrons. The number of ether oxygens (including phenoxy) is 2. The average molecular weight is 545 g/mol. The molecule has 37 heavy (non-hydrogen) atoms. The van der Waals surface area contributed by atoms with Gasteiger partial charge < -0.3 is 9.47 Å². The number of unbranched alkanes of at least 4 members (excludes halogenated alkanes) is 2. The van der Waals surface area contributed by atoms with Gasteiger partial charge in [0.2, 0.25) is 0 Å². The fourth-order valence-corrected chi connectivity index (χ4v) is 14.4. The summed E-state index contributed by atoms with van der Waals surface area (Å²) < 4.78 is 11.4. The third-order valence-corrected chi connectivity index (χ3v) is 13.9. The molecule has 1 atom stereocenters. The molecule has 0 saturated heterocycles. The summed E-state index contributed by atoms with van der Waals surface area (Å²) >= 11 is 0. The van der Waals surface area contributed by atoms with E-state index in [1.165, 1.54) is 64.7 Å². The molecule has 0 aromatic heterocycles. The van der Waals surface area contributed by atoms with Crippen LogP contribution in [0.3, 0.4) is 0 Å². The summed E-state index contributed by atoms with van der Waals surface area (Å²) in [6, 6.07) is 9.48. The largest absolute Gasteiger partial charge is 0.496 e. The van der Waals surface area contributed by atoms with E-state index in [-0.39, 0.29) is 7.92 Å². The summed E-state index contributed by atoms with van der Waals surface area (Å²) in [6.07, 6.45) is 6.49. The van der Waals surface area contributed by atoms with E-state index in [1.807, 2.05) is 0 Å². The fourth-order valence-electron chi connectivity index (χ4n) is 6.56. The quantitative estimate of drug-likeness (QED) is 0.207. The van der Waals surface area contributed by atoms with Crippen LogP contribution in [-0.2, 0) is 0 Å². The molecule has 0 N–H and O–H groups in total. The maximum absolute atomic E-state index is 5.68. The van der Waals surface area contributed by atoms with Crippen molar-refractivity contribution in [3.8, 4) is 11.5 Å². The molecular weight excluding hydrogens is 490 g/mol. The van der Waals surface area contributed by atoms with Gasteiger partial charge in [0.25, 0.3) is 0 Å². The minimum atomic E-state index is -0.439. The Bertz CT molecular complexity index is 910. The van der Waals surface area contributed by atoms with Gasteiger partial charge in [0, 0.05) is 0 Å². The van der Waals surface area contributed by atoms with Gasteiger partial charge in [-0.05, 0) is 128 Å². The van der Waals surface area contributed by atoms with E-state index in [9.17, 15) is 0 Å². The highest BCUT2D eigenvalue weighted by atomic mass is 31.1. The van der Waals surface area contributed by atoms with Gasteiger partial charge >= 0.3 is 0 Å². The number of rotatable bonds is 11. The number of hydrogen-bond acceptors (Lipinski definition) is 2. The molecule has 0 aliphatic heterocycles. The van der Waals surface area contributed by atoms with Crippen molar-refractivity contribution in [2.75, 3.05) is 20.4 Å². The molecule has 0 fully saturated rings. The van der Waals surface area contributed by atoms with Gasteiger partial charge in [0.15, 0.2) is 0 Å². The molecule has 0 aliphatic rings. The van der Waals surface area contributed by atoms with Crippen LogP contribution in [-0.4, -0.2) is 36.4 Å². The van der Waals surface area contributed by atoms with Crippen molar-refractivity contribution >= 4 is 26.5 Å². The van der Waals surface area contributed by atoms with Crippen LogP contribution in [0.15, 0.2) is 24.3 Å². The molecule has 2 nitrogen and oxygen atoms in total. The number of benzene rings is 2. The molecule has 0 saturated carbocycles. The Kier molecular flexibility index (Phi) is 11.5. The van der Waals surface area contributed by atoms with Gasteiger partial charge in [0.05, 0.1) is 14.2 Å². The van der Waals surface area contributed by atoms with E-state index in [0.29, 0.717) is 10.3 Å². The second-order valence-corrected chi connectivity index (χ2v) is 19.4. The van der Waals surface area contributed by atoms with Crippen molar-refractivity contribution in [3.63, 3.8) is 0 Å². The van der Waals surface area contributed by atoms with Crippen LogP contribution < -0.4 is 20.1 Å². The summed E-state index contributed by atoms with van der Waals surface area (Å²) in [4.78, 5) is 0. The molecule has 2 rings (SSSR count). The Balaban J connectivity index is 2.22. The monoisotopic (exact) mass is 544 g/mol. The predicted octanol–water partition coefficient (Wildman–Crippen LogP) is 9.40. The number of hydrogen-bond donors (Lipinski definition) is 0. The molecule has 4 heteroatoms. The Morgan fingerprint density at radius 3 is 1.35 bits per heavy atom. The van der Waals surface area contributed by atoms with Crippen molar-refractivity contribution < 1.29 is 9.47 Å². The molecule has 0 spiro atoms. The lowest BCUT2D eigenvalue weighted by Gasteiger charge is -2.45. The molecule has 2 aromatic rings. The van der Waals surface area contributed by atoms with Crippen LogP contribution in [0.25, 0.3) is 0 Å². The highest BCUT2D eigenvalue weighted by molar-refractivity contribution is 7.73. The van der Waals surface area contributed by atoms with E-state index >= 15 is 0 Å². The Morgan fingerprint density at radius 2 is 1.03 bits per heavy atom. The first-order chi connectivity index (χ1) is 17.1. The maximum Gasteiger partial charge on any atom is 0.124 e. The molecule has 0 bridgehead atoms. The van der Waals surface area contributed by atoms with Crippen molar-refractivity contribution in [1.82, 2.24) is 0 Å². The first kappa shape index (κ1) is 32.1. The molecule has 0 amide bonds. The van der Waals surface area contributed by atoms with Gasteiger partial charge in [-0.25, -0.2) is 0 Å². The van der Waals surface area contributed by atoms with Gasteiger partial charge in [-0.1, -0.05) is 69.2 Å². The van der Waals surface area contributed by atoms with Gasteiger partial charge in [-0.15, -0.1) is 0 Å². The SMILES string of the molecule is COc1c(C)cc(P(CCCCCC(C)P(C(C)(C)C)C(C)(C)C)c2cc(C)c(OC)c(C)c2)cc1C. The van der Waals surface area contributed by atoms with Crippen LogP contribution in [0, 0.1) is 27.7 Å². The summed E-state index contributed by atoms with van der Waals surface area (Å²) in [5.74, 6) is 2.04. The van der Waals surface area contributed by atoms with Crippen LogP contribution in [0.5, 0.6) is 11.5 Å².